The molecule has 112 valence electrons. The molecule has 1 aliphatic carbocycles. The lowest BCUT2D eigenvalue weighted by Crippen LogP contribution is -2.32. The van der Waals surface area contributed by atoms with E-state index in [-0.39, 0.29) is 5.75 Å². The maximum atomic E-state index is 9.87. The summed E-state index contributed by atoms with van der Waals surface area (Å²) < 4.78 is 5.74. The monoisotopic (exact) mass is 279 g/mol. The van der Waals surface area contributed by atoms with Crippen molar-refractivity contribution in [3.63, 3.8) is 0 Å². The third kappa shape index (κ3) is 5.49. The van der Waals surface area contributed by atoms with Crippen LogP contribution in [0.15, 0.2) is 24.3 Å². The van der Waals surface area contributed by atoms with Crippen molar-refractivity contribution in [2.24, 2.45) is 0 Å². The number of nitrogens with one attached hydrogen (secondary N) is 1. The molecule has 0 spiro atoms. The number of benzene rings is 1. The first kappa shape index (κ1) is 15.3. The molecule has 4 nitrogen and oxygen atoms in total. The summed E-state index contributed by atoms with van der Waals surface area (Å²) in [6, 6.07) is 7.07. The summed E-state index contributed by atoms with van der Waals surface area (Å²) in [6.45, 7) is 1.61. The molecular weight excluding hydrogens is 254 g/mol. The number of aliphatic hydroxyl groups excluding tert-OH is 1. The van der Waals surface area contributed by atoms with E-state index in [0.717, 1.165) is 18.4 Å². The highest BCUT2D eigenvalue weighted by molar-refractivity contribution is 5.25. The Balaban J connectivity index is 1.57. The lowest BCUT2D eigenvalue weighted by atomic mass is 9.98. The second kappa shape index (κ2) is 8.25. The van der Waals surface area contributed by atoms with Gasteiger partial charge in [0, 0.05) is 13.1 Å². The van der Waals surface area contributed by atoms with Crippen LogP contribution in [-0.4, -0.2) is 35.6 Å². The number of phenols is 1. The Kier molecular flexibility index (Phi) is 6.30. The van der Waals surface area contributed by atoms with E-state index in [2.05, 4.69) is 5.32 Å². The summed E-state index contributed by atoms with van der Waals surface area (Å²) in [5.41, 5.74) is 1.09. The zero-order chi connectivity index (χ0) is 14.2. The van der Waals surface area contributed by atoms with Crippen molar-refractivity contribution in [1.29, 1.82) is 0 Å². The summed E-state index contributed by atoms with van der Waals surface area (Å²) >= 11 is 0. The number of rotatable bonds is 7. The minimum absolute atomic E-state index is 0.273. The van der Waals surface area contributed by atoms with E-state index in [1.54, 1.807) is 12.1 Å². The fourth-order valence-corrected chi connectivity index (χ4v) is 2.53. The average molecular weight is 279 g/mol. The molecule has 0 aliphatic heterocycles. The van der Waals surface area contributed by atoms with E-state index in [4.69, 9.17) is 4.74 Å². The van der Waals surface area contributed by atoms with Crippen LogP contribution in [0.3, 0.4) is 0 Å². The van der Waals surface area contributed by atoms with Crippen molar-refractivity contribution in [2.45, 2.75) is 50.9 Å². The first-order valence-corrected chi connectivity index (χ1v) is 7.52. The van der Waals surface area contributed by atoms with Gasteiger partial charge in [0.1, 0.15) is 5.75 Å². The van der Waals surface area contributed by atoms with Crippen molar-refractivity contribution in [1.82, 2.24) is 5.32 Å². The first-order chi connectivity index (χ1) is 9.74. The molecular formula is C16H25NO3. The molecule has 20 heavy (non-hydrogen) atoms. The van der Waals surface area contributed by atoms with Crippen molar-refractivity contribution in [3.8, 4) is 5.75 Å². The molecule has 2 rings (SSSR count). The van der Waals surface area contributed by atoms with Gasteiger partial charge in [0.05, 0.1) is 18.8 Å². The predicted octanol–water partition coefficient (Wildman–Crippen LogP) is 2.19. The molecule has 0 bridgehead atoms. The van der Waals surface area contributed by atoms with Gasteiger partial charge in [0.25, 0.3) is 0 Å². The van der Waals surface area contributed by atoms with Gasteiger partial charge in [-0.15, -0.1) is 0 Å². The Hall–Kier alpha value is -1.10. The number of aromatic hydroxyl groups is 1. The van der Waals surface area contributed by atoms with Gasteiger partial charge in [-0.1, -0.05) is 31.4 Å². The summed E-state index contributed by atoms with van der Waals surface area (Å²) in [7, 11) is 0. The molecule has 4 heteroatoms. The number of aliphatic hydroxyl groups is 1. The second-order valence-electron chi connectivity index (χ2n) is 5.54. The first-order valence-electron chi connectivity index (χ1n) is 7.52. The number of ether oxygens (including phenoxy) is 1. The van der Waals surface area contributed by atoms with Crippen molar-refractivity contribution >= 4 is 0 Å². The number of phenolic OH excluding ortho intramolecular Hbond substituents is 1. The van der Waals surface area contributed by atoms with Crippen LogP contribution in [-0.2, 0) is 11.3 Å². The molecule has 3 N–H and O–H groups in total. The molecule has 0 heterocycles. The van der Waals surface area contributed by atoms with E-state index < -0.39 is 6.10 Å². The fourth-order valence-electron chi connectivity index (χ4n) is 2.53. The zero-order valence-electron chi connectivity index (χ0n) is 11.9. The SMILES string of the molecule is Oc1ccc(CNCC(O)COC2CCCCC2)cc1. The van der Waals surface area contributed by atoms with E-state index in [9.17, 15) is 10.2 Å². The Morgan fingerprint density at radius 2 is 1.85 bits per heavy atom. The predicted molar refractivity (Wildman–Crippen MR) is 78.6 cm³/mol. The molecule has 0 amide bonds. The lowest BCUT2D eigenvalue weighted by Gasteiger charge is -2.23. The Bertz CT molecular complexity index is 374. The van der Waals surface area contributed by atoms with E-state index in [1.165, 1.54) is 19.3 Å². The van der Waals surface area contributed by atoms with Crippen LogP contribution < -0.4 is 5.32 Å². The van der Waals surface area contributed by atoms with Crippen LogP contribution in [0.5, 0.6) is 5.75 Å². The summed E-state index contributed by atoms with van der Waals surface area (Å²) in [4.78, 5) is 0. The zero-order valence-corrected chi connectivity index (χ0v) is 11.9. The van der Waals surface area contributed by atoms with E-state index >= 15 is 0 Å². The van der Waals surface area contributed by atoms with Gasteiger partial charge >= 0.3 is 0 Å². The van der Waals surface area contributed by atoms with Gasteiger partial charge in [-0.05, 0) is 30.5 Å². The maximum absolute atomic E-state index is 9.87. The molecule has 1 unspecified atom stereocenters. The topological polar surface area (TPSA) is 61.7 Å². The molecule has 1 atom stereocenters. The highest BCUT2D eigenvalue weighted by atomic mass is 16.5. The van der Waals surface area contributed by atoms with Crippen molar-refractivity contribution < 1.29 is 14.9 Å². The van der Waals surface area contributed by atoms with Gasteiger partial charge in [-0.3, -0.25) is 0 Å². The molecule has 0 saturated heterocycles. The summed E-state index contributed by atoms with van der Waals surface area (Å²) in [6.07, 6.45) is 5.96. The Morgan fingerprint density at radius 1 is 1.15 bits per heavy atom. The summed E-state index contributed by atoms with van der Waals surface area (Å²) in [5, 5.41) is 22.3. The van der Waals surface area contributed by atoms with E-state index in [0.29, 0.717) is 25.8 Å². The van der Waals surface area contributed by atoms with Crippen LogP contribution in [0.1, 0.15) is 37.7 Å². The van der Waals surface area contributed by atoms with Gasteiger partial charge in [0.15, 0.2) is 0 Å². The van der Waals surface area contributed by atoms with Crippen LogP contribution in [0, 0.1) is 0 Å². The van der Waals surface area contributed by atoms with Gasteiger partial charge in [-0.2, -0.15) is 0 Å². The molecule has 1 aromatic carbocycles. The second-order valence-corrected chi connectivity index (χ2v) is 5.54. The number of hydrogen-bond acceptors (Lipinski definition) is 4. The van der Waals surface area contributed by atoms with E-state index in [1.807, 2.05) is 12.1 Å². The number of hydrogen-bond donors (Lipinski definition) is 3. The third-order valence-corrected chi connectivity index (χ3v) is 3.72. The molecule has 1 saturated carbocycles. The largest absolute Gasteiger partial charge is 0.508 e. The third-order valence-electron chi connectivity index (χ3n) is 3.72. The van der Waals surface area contributed by atoms with Crippen LogP contribution >= 0.6 is 0 Å². The van der Waals surface area contributed by atoms with Gasteiger partial charge < -0.3 is 20.3 Å². The molecule has 1 aromatic rings. The standard InChI is InChI=1S/C16H25NO3/c18-14-8-6-13(7-9-14)10-17-11-15(19)12-20-16-4-2-1-3-5-16/h6-9,15-19H,1-5,10-12H2. The van der Waals surface area contributed by atoms with Crippen molar-refractivity contribution in [3.05, 3.63) is 29.8 Å². The minimum Gasteiger partial charge on any atom is -0.508 e. The molecule has 1 aliphatic rings. The molecule has 0 radical (unpaired) electrons. The van der Waals surface area contributed by atoms with Crippen LogP contribution in [0.2, 0.25) is 0 Å². The lowest BCUT2D eigenvalue weighted by molar-refractivity contribution is -0.0230. The Labute approximate surface area is 120 Å². The fraction of sp³-hybridized carbons (Fsp3) is 0.625. The highest BCUT2D eigenvalue weighted by Gasteiger charge is 2.15. The Morgan fingerprint density at radius 3 is 2.55 bits per heavy atom. The molecule has 1 fully saturated rings. The quantitative estimate of drug-likeness (QED) is 0.716. The van der Waals surface area contributed by atoms with Gasteiger partial charge in [0.2, 0.25) is 0 Å². The van der Waals surface area contributed by atoms with Crippen LogP contribution in [0.4, 0.5) is 0 Å². The average Bonchev–Trinajstić information content (AvgIpc) is 2.48. The highest BCUT2D eigenvalue weighted by Crippen LogP contribution is 2.20. The smallest absolute Gasteiger partial charge is 0.115 e. The summed E-state index contributed by atoms with van der Waals surface area (Å²) in [5.74, 6) is 0.273. The van der Waals surface area contributed by atoms with Crippen LogP contribution in [0.25, 0.3) is 0 Å². The molecule has 0 aromatic heterocycles. The maximum Gasteiger partial charge on any atom is 0.115 e. The van der Waals surface area contributed by atoms with Gasteiger partial charge in [-0.25, -0.2) is 0 Å². The normalized spacial score (nSPS) is 18.1. The van der Waals surface area contributed by atoms with Crippen molar-refractivity contribution in [2.75, 3.05) is 13.2 Å². The minimum atomic E-state index is -0.464.